The third-order valence-electron chi connectivity index (χ3n) is 3.49. The standard InChI is InChI=1S/C13H16N6O2/c14-13-15-11(16-17-13)12(21)19-7-5-18(6-8-19)9-3-1-2-4-10(9)20/h1-4,20H,5-8H2,(H3,14,15,16,17). The molecule has 1 amide bonds. The number of aromatic nitrogens is 3. The number of aromatic amines is 1. The summed E-state index contributed by atoms with van der Waals surface area (Å²) in [7, 11) is 0. The highest BCUT2D eigenvalue weighted by molar-refractivity contribution is 5.90. The number of nitrogens with two attached hydrogens (primary N) is 1. The van der Waals surface area contributed by atoms with Crippen molar-refractivity contribution < 1.29 is 9.90 Å². The van der Waals surface area contributed by atoms with Crippen LogP contribution in [0.5, 0.6) is 5.75 Å². The van der Waals surface area contributed by atoms with Crippen LogP contribution in [0, 0.1) is 0 Å². The summed E-state index contributed by atoms with van der Waals surface area (Å²) in [6, 6.07) is 7.19. The SMILES string of the molecule is Nc1n[nH]c(C(=O)N2CCN(c3ccccc3O)CC2)n1. The Bertz CT molecular complexity index is 648. The third kappa shape index (κ3) is 2.60. The number of nitrogens with zero attached hydrogens (tertiary/aromatic N) is 4. The van der Waals surface area contributed by atoms with Crippen LogP contribution in [0.1, 0.15) is 10.6 Å². The second kappa shape index (κ2) is 5.31. The molecule has 3 rings (SSSR count). The number of carbonyl (C=O) groups is 1. The Balaban J connectivity index is 1.65. The van der Waals surface area contributed by atoms with Gasteiger partial charge in [0.05, 0.1) is 5.69 Å². The van der Waals surface area contributed by atoms with E-state index in [0.29, 0.717) is 26.2 Å². The van der Waals surface area contributed by atoms with Gasteiger partial charge in [-0.1, -0.05) is 12.1 Å². The summed E-state index contributed by atoms with van der Waals surface area (Å²) in [6.45, 7) is 2.39. The van der Waals surface area contributed by atoms with Crippen LogP contribution in [0.25, 0.3) is 0 Å². The van der Waals surface area contributed by atoms with Crippen molar-refractivity contribution in [3.05, 3.63) is 30.1 Å². The number of aromatic hydroxyl groups is 1. The van der Waals surface area contributed by atoms with Gasteiger partial charge >= 0.3 is 0 Å². The molecule has 110 valence electrons. The average Bonchev–Trinajstić information content (AvgIpc) is 2.94. The molecular weight excluding hydrogens is 272 g/mol. The highest BCUT2D eigenvalue weighted by atomic mass is 16.3. The van der Waals surface area contributed by atoms with Crippen molar-refractivity contribution in [2.24, 2.45) is 0 Å². The van der Waals surface area contributed by atoms with Crippen molar-refractivity contribution >= 4 is 17.5 Å². The third-order valence-corrected chi connectivity index (χ3v) is 3.49. The molecule has 4 N–H and O–H groups in total. The van der Waals surface area contributed by atoms with E-state index in [1.165, 1.54) is 0 Å². The highest BCUT2D eigenvalue weighted by Gasteiger charge is 2.25. The molecule has 0 bridgehead atoms. The van der Waals surface area contributed by atoms with E-state index in [2.05, 4.69) is 15.2 Å². The van der Waals surface area contributed by atoms with Crippen LogP contribution in [-0.4, -0.2) is 57.3 Å². The van der Waals surface area contributed by atoms with Crippen molar-refractivity contribution in [3.8, 4) is 5.75 Å². The van der Waals surface area contributed by atoms with E-state index in [9.17, 15) is 9.90 Å². The molecule has 1 aromatic heterocycles. The van der Waals surface area contributed by atoms with Gasteiger partial charge in [-0.25, -0.2) is 0 Å². The lowest BCUT2D eigenvalue weighted by atomic mass is 10.2. The zero-order valence-electron chi connectivity index (χ0n) is 11.4. The molecule has 1 aliphatic rings. The van der Waals surface area contributed by atoms with Crippen molar-refractivity contribution in [2.75, 3.05) is 36.8 Å². The molecule has 21 heavy (non-hydrogen) atoms. The minimum absolute atomic E-state index is 0.0613. The van der Waals surface area contributed by atoms with Crippen molar-refractivity contribution in [1.29, 1.82) is 0 Å². The molecule has 1 saturated heterocycles. The number of benzene rings is 1. The molecule has 0 unspecified atom stereocenters. The molecule has 1 aromatic carbocycles. The molecule has 0 atom stereocenters. The van der Waals surface area contributed by atoms with Crippen molar-refractivity contribution in [1.82, 2.24) is 20.1 Å². The van der Waals surface area contributed by atoms with Gasteiger partial charge in [-0.3, -0.25) is 9.89 Å². The zero-order chi connectivity index (χ0) is 14.8. The first-order chi connectivity index (χ1) is 10.1. The number of anilines is 2. The second-order valence-electron chi connectivity index (χ2n) is 4.81. The molecule has 0 aliphatic carbocycles. The van der Waals surface area contributed by atoms with Gasteiger partial charge in [0.15, 0.2) is 0 Å². The van der Waals surface area contributed by atoms with E-state index in [4.69, 9.17) is 5.73 Å². The summed E-state index contributed by atoms with van der Waals surface area (Å²) < 4.78 is 0. The van der Waals surface area contributed by atoms with Crippen LogP contribution < -0.4 is 10.6 Å². The predicted octanol–water partition coefficient (Wildman–Crippen LogP) is 0.0549. The maximum atomic E-state index is 12.2. The summed E-state index contributed by atoms with van der Waals surface area (Å²) in [5, 5.41) is 16.0. The largest absolute Gasteiger partial charge is 0.506 e. The van der Waals surface area contributed by atoms with Gasteiger partial charge < -0.3 is 20.6 Å². The molecule has 2 aromatic rings. The van der Waals surface area contributed by atoms with Crippen LogP contribution in [0.2, 0.25) is 0 Å². The van der Waals surface area contributed by atoms with E-state index >= 15 is 0 Å². The molecule has 0 saturated carbocycles. The Kier molecular flexibility index (Phi) is 3.35. The summed E-state index contributed by atoms with van der Waals surface area (Å²) in [6.07, 6.45) is 0. The van der Waals surface area contributed by atoms with Crippen LogP contribution in [0.3, 0.4) is 0 Å². The quantitative estimate of drug-likeness (QED) is 0.720. The average molecular weight is 288 g/mol. The highest BCUT2D eigenvalue weighted by Crippen LogP contribution is 2.27. The maximum Gasteiger partial charge on any atom is 0.291 e. The fourth-order valence-electron chi connectivity index (χ4n) is 2.40. The summed E-state index contributed by atoms with van der Waals surface area (Å²) in [4.78, 5) is 19.8. The lowest BCUT2D eigenvalue weighted by molar-refractivity contribution is 0.0735. The summed E-state index contributed by atoms with van der Waals surface area (Å²) in [5.41, 5.74) is 6.19. The van der Waals surface area contributed by atoms with Crippen LogP contribution in [0.15, 0.2) is 24.3 Å². The number of carbonyl (C=O) groups excluding carboxylic acids is 1. The smallest absolute Gasteiger partial charge is 0.291 e. The molecule has 8 heteroatoms. The van der Waals surface area contributed by atoms with E-state index in [1.54, 1.807) is 17.0 Å². The minimum Gasteiger partial charge on any atom is -0.506 e. The number of rotatable bonds is 2. The molecule has 8 nitrogen and oxygen atoms in total. The molecule has 0 radical (unpaired) electrons. The Morgan fingerprint density at radius 2 is 1.95 bits per heavy atom. The van der Waals surface area contributed by atoms with E-state index < -0.39 is 0 Å². The first-order valence-corrected chi connectivity index (χ1v) is 6.65. The van der Waals surface area contributed by atoms with E-state index in [-0.39, 0.29) is 23.4 Å². The lowest BCUT2D eigenvalue weighted by Crippen LogP contribution is -2.49. The topological polar surface area (TPSA) is 111 Å². The Morgan fingerprint density at radius 1 is 1.24 bits per heavy atom. The van der Waals surface area contributed by atoms with Gasteiger partial charge in [-0.2, -0.15) is 4.98 Å². The fourth-order valence-corrected chi connectivity index (χ4v) is 2.40. The number of phenols is 1. The monoisotopic (exact) mass is 288 g/mol. The van der Waals surface area contributed by atoms with Gasteiger partial charge in [0, 0.05) is 26.2 Å². The number of amides is 1. The van der Waals surface area contributed by atoms with Crippen LogP contribution in [-0.2, 0) is 0 Å². The van der Waals surface area contributed by atoms with Gasteiger partial charge in [-0.05, 0) is 12.1 Å². The normalized spacial score (nSPS) is 15.2. The van der Waals surface area contributed by atoms with Crippen molar-refractivity contribution in [3.63, 3.8) is 0 Å². The number of nitrogens with one attached hydrogen (secondary N) is 1. The zero-order valence-corrected chi connectivity index (χ0v) is 11.4. The number of hydrogen-bond acceptors (Lipinski definition) is 6. The minimum atomic E-state index is -0.212. The predicted molar refractivity (Wildman–Crippen MR) is 77.0 cm³/mol. The summed E-state index contributed by atoms with van der Waals surface area (Å²) in [5.74, 6) is 0.256. The first kappa shape index (κ1) is 13.2. The van der Waals surface area contributed by atoms with Crippen LogP contribution >= 0.6 is 0 Å². The number of piperazine rings is 1. The van der Waals surface area contributed by atoms with Gasteiger partial charge in [-0.15, -0.1) is 5.10 Å². The number of phenolic OH excluding ortho intramolecular Hbond substituents is 1. The molecule has 1 aliphatic heterocycles. The van der Waals surface area contributed by atoms with E-state index in [1.807, 2.05) is 17.0 Å². The number of nitrogen functional groups attached to an aromatic ring is 1. The number of H-pyrrole nitrogens is 1. The number of hydrogen-bond donors (Lipinski definition) is 3. The molecule has 1 fully saturated rings. The van der Waals surface area contributed by atoms with E-state index in [0.717, 1.165) is 5.69 Å². The number of para-hydroxylation sites is 2. The van der Waals surface area contributed by atoms with Gasteiger partial charge in [0.1, 0.15) is 5.75 Å². The van der Waals surface area contributed by atoms with Gasteiger partial charge in [0.25, 0.3) is 5.91 Å². The van der Waals surface area contributed by atoms with Gasteiger partial charge in [0.2, 0.25) is 11.8 Å². The van der Waals surface area contributed by atoms with Crippen molar-refractivity contribution in [2.45, 2.75) is 0 Å². The second-order valence-corrected chi connectivity index (χ2v) is 4.81. The lowest BCUT2D eigenvalue weighted by Gasteiger charge is -2.35. The molecular formula is C13H16N6O2. The Morgan fingerprint density at radius 3 is 2.57 bits per heavy atom. The maximum absolute atomic E-state index is 12.2. The molecule has 2 heterocycles. The Hall–Kier alpha value is -2.77. The fraction of sp³-hybridized carbons (Fsp3) is 0.308. The van der Waals surface area contributed by atoms with Crippen LogP contribution in [0.4, 0.5) is 11.6 Å². The summed E-state index contributed by atoms with van der Waals surface area (Å²) >= 11 is 0. The Labute approximate surface area is 121 Å². The first-order valence-electron chi connectivity index (χ1n) is 6.65. The molecule has 0 spiro atoms.